The van der Waals surface area contributed by atoms with Gasteiger partial charge in [-0.2, -0.15) is 5.26 Å². The first-order chi connectivity index (χ1) is 10.1. The minimum atomic E-state index is -0.622. The molecule has 21 heavy (non-hydrogen) atoms. The number of hydrogen-bond acceptors (Lipinski definition) is 5. The van der Waals surface area contributed by atoms with Crippen molar-refractivity contribution in [3.8, 4) is 6.07 Å². The molecule has 114 valence electrons. The van der Waals surface area contributed by atoms with Gasteiger partial charge in [-0.3, -0.25) is 14.4 Å². The molecule has 0 aliphatic carbocycles. The summed E-state index contributed by atoms with van der Waals surface area (Å²) in [7, 11) is 0. The second-order valence-electron chi connectivity index (χ2n) is 4.67. The first-order valence-electron chi connectivity index (χ1n) is 6.80. The van der Waals surface area contributed by atoms with Crippen LogP contribution in [0.25, 0.3) is 0 Å². The Morgan fingerprint density at radius 3 is 3.00 bits per heavy atom. The fraction of sp³-hybridized carbons (Fsp3) is 0.571. The van der Waals surface area contributed by atoms with Crippen LogP contribution >= 0.6 is 0 Å². The van der Waals surface area contributed by atoms with Crippen LogP contribution in [0, 0.1) is 11.3 Å². The molecule has 0 bridgehead atoms. The van der Waals surface area contributed by atoms with Crippen molar-refractivity contribution in [1.29, 1.82) is 5.26 Å². The number of hydrogen-bond donors (Lipinski definition) is 1. The predicted molar refractivity (Wildman–Crippen MR) is 73.7 cm³/mol. The zero-order valence-corrected chi connectivity index (χ0v) is 11.8. The smallest absolute Gasteiger partial charge is 0.326 e. The summed E-state index contributed by atoms with van der Waals surface area (Å²) in [5.74, 6) is -1.12. The van der Waals surface area contributed by atoms with Gasteiger partial charge in [0.2, 0.25) is 11.8 Å². The monoisotopic (exact) mass is 293 g/mol. The SMILES string of the molecule is C=CCCC(=O)N[C@H]1CCCN(CC(=O)OCC#N)C1=O. The van der Waals surface area contributed by atoms with Gasteiger partial charge in [0, 0.05) is 13.0 Å². The number of ether oxygens (including phenoxy) is 1. The molecule has 7 nitrogen and oxygen atoms in total. The van der Waals surface area contributed by atoms with Crippen LogP contribution in [0.2, 0.25) is 0 Å². The number of piperidine rings is 1. The molecule has 1 heterocycles. The summed E-state index contributed by atoms with van der Waals surface area (Å²) in [4.78, 5) is 36.6. The molecule has 1 saturated heterocycles. The fourth-order valence-corrected chi connectivity index (χ4v) is 2.05. The Bertz CT molecular complexity index is 456. The van der Waals surface area contributed by atoms with Crippen molar-refractivity contribution < 1.29 is 19.1 Å². The van der Waals surface area contributed by atoms with Crippen molar-refractivity contribution in [3.63, 3.8) is 0 Å². The van der Waals surface area contributed by atoms with E-state index in [9.17, 15) is 14.4 Å². The maximum Gasteiger partial charge on any atom is 0.326 e. The van der Waals surface area contributed by atoms with Crippen LogP contribution in [0.3, 0.4) is 0 Å². The summed E-state index contributed by atoms with van der Waals surface area (Å²) in [6.07, 6.45) is 3.74. The molecule has 0 aromatic carbocycles. The van der Waals surface area contributed by atoms with E-state index in [0.29, 0.717) is 25.8 Å². The maximum atomic E-state index is 12.2. The first kappa shape index (κ1) is 16.7. The quantitative estimate of drug-likeness (QED) is 0.531. The number of nitrogens with zero attached hydrogens (tertiary/aromatic N) is 2. The molecule has 0 aromatic heterocycles. The van der Waals surface area contributed by atoms with Gasteiger partial charge in [0.1, 0.15) is 18.7 Å². The molecule has 2 amide bonds. The molecule has 0 aromatic rings. The molecule has 1 rings (SSSR count). The van der Waals surface area contributed by atoms with Crippen LogP contribution < -0.4 is 5.32 Å². The van der Waals surface area contributed by atoms with E-state index < -0.39 is 12.0 Å². The van der Waals surface area contributed by atoms with Crippen molar-refractivity contribution in [2.24, 2.45) is 0 Å². The highest BCUT2D eigenvalue weighted by molar-refractivity contribution is 5.90. The van der Waals surface area contributed by atoms with Crippen LogP contribution in [0.4, 0.5) is 0 Å². The fourth-order valence-electron chi connectivity index (χ4n) is 2.05. The summed E-state index contributed by atoms with van der Waals surface area (Å²) in [6, 6.07) is 1.09. The molecule has 1 aliphatic rings. The summed E-state index contributed by atoms with van der Waals surface area (Å²) < 4.78 is 4.62. The average molecular weight is 293 g/mol. The normalized spacial score (nSPS) is 17.8. The number of rotatable bonds is 7. The van der Waals surface area contributed by atoms with Gasteiger partial charge in [-0.25, -0.2) is 0 Å². The van der Waals surface area contributed by atoms with Crippen molar-refractivity contribution in [2.75, 3.05) is 19.7 Å². The van der Waals surface area contributed by atoms with Crippen molar-refractivity contribution in [3.05, 3.63) is 12.7 Å². The van der Waals surface area contributed by atoms with Gasteiger partial charge >= 0.3 is 5.97 Å². The second kappa shape index (κ2) is 8.74. The van der Waals surface area contributed by atoms with Gasteiger partial charge in [-0.1, -0.05) is 6.08 Å². The van der Waals surface area contributed by atoms with E-state index in [2.05, 4.69) is 16.6 Å². The predicted octanol–water partition coefficient (Wildman–Crippen LogP) is 0.127. The molecule has 7 heteroatoms. The van der Waals surface area contributed by atoms with E-state index in [1.807, 2.05) is 0 Å². The summed E-state index contributed by atoms with van der Waals surface area (Å²) in [5, 5.41) is 11.0. The number of esters is 1. The molecule has 1 N–H and O–H groups in total. The molecule has 0 saturated carbocycles. The third-order valence-corrected chi connectivity index (χ3v) is 3.06. The van der Waals surface area contributed by atoms with Crippen LogP contribution in [-0.2, 0) is 19.1 Å². The average Bonchev–Trinajstić information content (AvgIpc) is 2.47. The zero-order chi connectivity index (χ0) is 15.7. The van der Waals surface area contributed by atoms with Crippen LogP contribution in [-0.4, -0.2) is 48.4 Å². The van der Waals surface area contributed by atoms with Crippen LogP contribution in [0.15, 0.2) is 12.7 Å². The van der Waals surface area contributed by atoms with E-state index in [1.165, 1.54) is 4.90 Å². The van der Waals surface area contributed by atoms with E-state index in [4.69, 9.17) is 5.26 Å². The van der Waals surface area contributed by atoms with E-state index in [0.717, 1.165) is 0 Å². The number of nitriles is 1. The standard InChI is InChI=1S/C14H19N3O4/c1-2-3-6-12(18)16-11-5-4-8-17(14(11)20)10-13(19)21-9-7-15/h2,11H,1,3-6,8-10H2,(H,16,18)/t11-/m0/s1. The summed E-state index contributed by atoms with van der Waals surface area (Å²) >= 11 is 0. The topological polar surface area (TPSA) is 99.5 Å². The highest BCUT2D eigenvalue weighted by atomic mass is 16.5. The largest absolute Gasteiger partial charge is 0.449 e. The second-order valence-corrected chi connectivity index (χ2v) is 4.67. The minimum absolute atomic E-state index is 0.195. The third-order valence-electron chi connectivity index (χ3n) is 3.06. The lowest BCUT2D eigenvalue weighted by atomic mass is 10.0. The molecule has 1 aliphatic heterocycles. The number of carbonyl (C=O) groups excluding carboxylic acids is 3. The van der Waals surface area contributed by atoms with Gasteiger partial charge in [-0.15, -0.1) is 6.58 Å². The van der Waals surface area contributed by atoms with Gasteiger partial charge in [0.15, 0.2) is 6.61 Å². The number of likely N-dealkylation sites (tertiary alicyclic amines) is 1. The number of nitrogens with one attached hydrogen (secondary N) is 1. The maximum absolute atomic E-state index is 12.2. The lowest BCUT2D eigenvalue weighted by Crippen LogP contribution is -2.53. The molecular formula is C14H19N3O4. The van der Waals surface area contributed by atoms with E-state index >= 15 is 0 Å². The number of amides is 2. The highest BCUT2D eigenvalue weighted by Crippen LogP contribution is 2.12. The Morgan fingerprint density at radius 1 is 1.57 bits per heavy atom. The van der Waals surface area contributed by atoms with Gasteiger partial charge in [0.05, 0.1) is 0 Å². The molecule has 0 spiro atoms. The third kappa shape index (κ3) is 5.65. The number of carbonyl (C=O) groups is 3. The van der Waals surface area contributed by atoms with Gasteiger partial charge in [-0.05, 0) is 19.3 Å². The van der Waals surface area contributed by atoms with Crippen molar-refractivity contribution in [1.82, 2.24) is 10.2 Å². The minimum Gasteiger partial charge on any atom is -0.449 e. The van der Waals surface area contributed by atoms with Gasteiger partial charge in [0.25, 0.3) is 0 Å². The Labute approximate surface area is 123 Å². The molecule has 1 atom stereocenters. The van der Waals surface area contributed by atoms with E-state index in [-0.39, 0.29) is 31.4 Å². The Kier molecular flexibility index (Phi) is 6.95. The van der Waals surface area contributed by atoms with Crippen molar-refractivity contribution >= 4 is 17.8 Å². The van der Waals surface area contributed by atoms with Gasteiger partial charge < -0.3 is 15.0 Å². The lowest BCUT2D eigenvalue weighted by molar-refractivity contribution is -0.150. The summed E-state index contributed by atoms with van der Waals surface area (Å²) in [6.45, 7) is 3.45. The lowest BCUT2D eigenvalue weighted by Gasteiger charge is -2.31. The molecular weight excluding hydrogens is 274 g/mol. The molecule has 0 unspecified atom stereocenters. The molecule has 0 radical (unpaired) electrons. The number of allylic oxidation sites excluding steroid dienone is 1. The Hall–Kier alpha value is -2.36. The van der Waals surface area contributed by atoms with Crippen molar-refractivity contribution in [2.45, 2.75) is 31.7 Å². The van der Waals surface area contributed by atoms with Crippen LogP contribution in [0.5, 0.6) is 0 Å². The first-order valence-corrected chi connectivity index (χ1v) is 6.80. The highest BCUT2D eigenvalue weighted by Gasteiger charge is 2.31. The van der Waals surface area contributed by atoms with E-state index in [1.54, 1.807) is 12.1 Å². The Balaban J connectivity index is 2.48. The zero-order valence-electron chi connectivity index (χ0n) is 11.8. The summed E-state index contributed by atoms with van der Waals surface area (Å²) in [5.41, 5.74) is 0. The Morgan fingerprint density at radius 2 is 2.33 bits per heavy atom. The van der Waals surface area contributed by atoms with Crippen LogP contribution in [0.1, 0.15) is 25.7 Å². The molecule has 1 fully saturated rings.